The van der Waals surface area contributed by atoms with Gasteiger partial charge in [0.25, 0.3) is 0 Å². The Kier molecular flexibility index (Phi) is 4.20. The van der Waals surface area contributed by atoms with Gasteiger partial charge in [0.1, 0.15) is 29.8 Å². The summed E-state index contributed by atoms with van der Waals surface area (Å²) in [5.74, 6) is 0.749. The van der Waals surface area contributed by atoms with E-state index in [4.69, 9.17) is 20.6 Å². The van der Waals surface area contributed by atoms with Gasteiger partial charge in [-0.2, -0.15) is 0 Å². The molecular weight excluding hydrogens is 259 g/mol. The highest BCUT2D eigenvalue weighted by Crippen LogP contribution is 2.22. The van der Waals surface area contributed by atoms with E-state index in [2.05, 4.69) is 0 Å². The number of methoxy groups -OCH3 is 1. The Morgan fingerprint density at radius 3 is 2.75 bits per heavy atom. The molecule has 2 rings (SSSR count). The summed E-state index contributed by atoms with van der Waals surface area (Å²) >= 11 is 0. The first kappa shape index (κ1) is 13.9. The van der Waals surface area contributed by atoms with Gasteiger partial charge >= 0.3 is 0 Å². The van der Waals surface area contributed by atoms with E-state index in [1.807, 2.05) is 0 Å². The highest BCUT2D eigenvalue weighted by atomic mass is 19.1. The van der Waals surface area contributed by atoms with Crippen LogP contribution in [0.3, 0.4) is 0 Å². The van der Waals surface area contributed by atoms with Crippen molar-refractivity contribution in [2.45, 2.75) is 6.61 Å². The molecule has 4 nitrogen and oxygen atoms in total. The van der Waals surface area contributed by atoms with E-state index in [-0.39, 0.29) is 18.3 Å². The van der Waals surface area contributed by atoms with Crippen molar-refractivity contribution in [1.29, 1.82) is 5.41 Å². The molecule has 0 atom stereocenters. The Morgan fingerprint density at radius 2 is 2.05 bits per heavy atom. The largest absolute Gasteiger partial charge is 0.496 e. The van der Waals surface area contributed by atoms with Crippen molar-refractivity contribution in [3.05, 3.63) is 59.4 Å². The van der Waals surface area contributed by atoms with Crippen LogP contribution in [-0.4, -0.2) is 12.9 Å². The molecule has 20 heavy (non-hydrogen) atoms. The molecule has 0 spiro atoms. The van der Waals surface area contributed by atoms with Crippen LogP contribution < -0.4 is 15.2 Å². The summed E-state index contributed by atoms with van der Waals surface area (Å²) in [7, 11) is 1.52. The van der Waals surface area contributed by atoms with Gasteiger partial charge in [-0.05, 0) is 30.3 Å². The van der Waals surface area contributed by atoms with Gasteiger partial charge in [-0.25, -0.2) is 4.39 Å². The number of nitrogens with one attached hydrogen (secondary N) is 1. The number of benzene rings is 2. The van der Waals surface area contributed by atoms with Crippen LogP contribution in [0.25, 0.3) is 0 Å². The summed E-state index contributed by atoms with van der Waals surface area (Å²) in [5.41, 5.74) is 6.60. The average Bonchev–Trinajstić information content (AvgIpc) is 2.45. The summed E-state index contributed by atoms with van der Waals surface area (Å²) in [6.07, 6.45) is 0. The number of amidine groups is 1. The maximum absolute atomic E-state index is 13.2. The SMILES string of the molecule is COc1ccc(F)cc1COc1cccc(C(=N)N)c1. The fourth-order valence-corrected chi connectivity index (χ4v) is 1.77. The van der Waals surface area contributed by atoms with E-state index in [1.165, 1.54) is 19.2 Å². The van der Waals surface area contributed by atoms with Crippen LogP contribution in [0.5, 0.6) is 11.5 Å². The predicted molar refractivity (Wildman–Crippen MR) is 74.7 cm³/mol. The van der Waals surface area contributed by atoms with Crippen molar-refractivity contribution in [2.75, 3.05) is 7.11 Å². The third kappa shape index (κ3) is 3.26. The molecule has 104 valence electrons. The number of hydrogen-bond donors (Lipinski definition) is 2. The molecule has 0 saturated carbocycles. The second kappa shape index (κ2) is 6.06. The lowest BCUT2D eigenvalue weighted by Gasteiger charge is -2.11. The second-order valence-corrected chi connectivity index (χ2v) is 4.19. The van der Waals surface area contributed by atoms with Gasteiger partial charge in [-0.1, -0.05) is 12.1 Å². The summed E-state index contributed by atoms with van der Waals surface area (Å²) in [6, 6.07) is 11.1. The van der Waals surface area contributed by atoms with E-state index < -0.39 is 0 Å². The normalized spacial score (nSPS) is 10.1. The van der Waals surface area contributed by atoms with Gasteiger partial charge in [0.2, 0.25) is 0 Å². The molecule has 0 fully saturated rings. The van der Waals surface area contributed by atoms with Crippen molar-refractivity contribution < 1.29 is 13.9 Å². The molecule has 3 N–H and O–H groups in total. The molecule has 2 aromatic carbocycles. The Labute approximate surface area is 116 Å². The fraction of sp³-hybridized carbons (Fsp3) is 0.133. The molecule has 0 radical (unpaired) electrons. The van der Waals surface area contributed by atoms with E-state index in [1.54, 1.807) is 30.3 Å². The van der Waals surface area contributed by atoms with Crippen LogP contribution in [0.15, 0.2) is 42.5 Å². The zero-order chi connectivity index (χ0) is 14.5. The first-order chi connectivity index (χ1) is 9.60. The summed E-state index contributed by atoms with van der Waals surface area (Å²) < 4.78 is 24.0. The Balaban J connectivity index is 2.14. The van der Waals surface area contributed by atoms with Crippen molar-refractivity contribution in [2.24, 2.45) is 5.73 Å². The minimum Gasteiger partial charge on any atom is -0.496 e. The summed E-state index contributed by atoms with van der Waals surface area (Å²) in [4.78, 5) is 0. The zero-order valence-corrected chi connectivity index (χ0v) is 11.0. The van der Waals surface area contributed by atoms with Crippen LogP contribution in [0.4, 0.5) is 4.39 Å². The molecule has 0 bridgehead atoms. The van der Waals surface area contributed by atoms with Crippen molar-refractivity contribution in [1.82, 2.24) is 0 Å². The number of ether oxygens (including phenoxy) is 2. The molecule has 0 aliphatic heterocycles. The quantitative estimate of drug-likeness (QED) is 0.650. The number of halogens is 1. The second-order valence-electron chi connectivity index (χ2n) is 4.19. The van der Waals surface area contributed by atoms with Gasteiger partial charge < -0.3 is 15.2 Å². The van der Waals surface area contributed by atoms with Gasteiger partial charge in [0.15, 0.2) is 0 Å². The number of hydrogen-bond acceptors (Lipinski definition) is 3. The van der Waals surface area contributed by atoms with Gasteiger partial charge in [-0.15, -0.1) is 0 Å². The van der Waals surface area contributed by atoms with Crippen LogP contribution in [0.1, 0.15) is 11.1 Å². The van der Waals surface area contributed by atoms with E-state index in [0.717, 1.165) is 0 Å². The lowest BCUT2D eigenvalue weighted by molar-refractivity contribution is 0.296. The van der Waals surface area contributed by atoms with Crippen molar-refractivity contribution >= 4 is 5.84 Å². The Hall–Kier alpha value is -2.56. The topological polar surface area (TPSA) is 68.3 Å². The average molecular weight is 274 g/mol. The molecular formula is C15H15FN2O2. The minimum atomic E-state index is -0.345. The number of rotatable bonds is 5. The Morgan fingerprint density at radius 1 is 1.25 bits per heavy atom. The lowest BCUT2D eigenvalue weighted by Crippen LogP contribution is -2.10. The molecule has 0 aromatic heterocycles. The highest BCUT2D eigenvalue weighted by molar-refractivity contribution is 5.95. The smallest absolute Gasteiger partial charge is 0.125 e. The van der Waals surface area contributed by atoms with Crippen LogP contribution in [0, 0.1) is 11.2 Å². The van der Waals surface area contributed by atoms with Crippen molar-refractivity contribution in [3.63, 3.8) is 0 Å². The highest BCUT2D eigenvalue weighted by Gasteiger charge is 2.06. The molecule has 0 unspecified atom stereocenters. The van der Waals surface area contributed by atoms with E-state index in [0.29, 0.717) is 22.6 Å². The lowest BCUT2D eigenvalue weighted by atomic mass is 10.2. The predicted octanol–water partition coefficient (Wildman–Crippen LogP) is 2.70. The molecule has 0 aliphatic rings. The minimum absolute atomic E-state index is 0.0289. The Bertz CT molecular complexity index is 629. The standard InChI is InChI=1S/C15H15FN2O2/c1-19-14-6-5-12(16)7-11(14)9-20-13-4-2-3-10(8-13)15(17)18/h2-8H,9H2,1H3,(H3,17,18). The zero-order valence-electron chi connectivity index (χ0n) is 11.0. The first-order valence-corrected chi connectivity index (χ1v) is 6.00. The summed E-state index contributed by atoms with van der Waals surface area (Å²) in [6.45, 7) is 0.169. The van der Waals surface area contributed by atoms with Gasteiger partial charge in [-0.3, -0.25) is 5.41 Å². The number of nitrogens with two attached hydrogens (primary N) is 1. The molecule has 0 saturated heterocycles. The molecule has 0 heterocycles. The van der Waals surface area contributed by atoms with E-state index >= 15 is 0 Å². The van der Waals surface area contributed by atoms with Gasteiger partial charge in [0.05, 0.1) is 7.11 Å². The van der Waals surface area contributed by atoms with E-state index in [9.17, 15) is 4.39 Å². The molecule has 2 aromatic rings. The van der Waals surface area contributed by atoms with Crippen molar-refractivity contribution in [3.8, 4) is 11.5 Å². The molecule has 5 heteroatoms. The third-order valence-electron chi connectivity index (χ3n) is 2.78. The molecule has 0 amide bonds. The monoisotopic (exact) mass is 274 g/mol. The first-order valence-electron chi connectivity index (χ1n) is 6.00. The van der Waals surface area contributed by atoms with Crippen LogP contribution >= 0.6 is 0 Å². The third-order valence-corrected chi connectivity index (χ3v) is 2.78. The maximum Gasteiger partial charge on any atom is 0.125 e. The molecule has 0 aliphatic carbocycles. The number of nitrogen functional groups attached to an aromatic ring is 1. The summed E-state index contributed by atoms with van der Waals surface area (Å²) in [5, 5.41) is 7.37. The van der Waals surface area contributed by atoms with Crippen LogP contribution in [-0.2, 0) is 6.61 Å². The van der Waals surface area contributed by atoms with Gasteiger partial charge in [0, 0.05) is 11.1 Å². The van der Waals surface area contributed by atoms with Crippen LogP contribution in [0.2, 0.25) is 0 Å². The fourth-order valence-electron chi connectivity index (χ4n) is 1.77. The maximum atomic E-state index is 13.2.